The van der Waals surface area contributed by atoms with Gasteiger partial charge < -0.3 is 5.32 Å². The normalized spacial score (nSPS) is 11.1. The molecule has 0 bridgehead atoms. The number of nitrogens with one attached hydrogen (secondary N) is 1. The molecule has 18 heavy (non-hydrogen) atoms. The quantitative estimate of drug-likeness (QED) is 0.823. The molecule has 2 aromatic heterocycles. The van der Waals surface area contributed by atoms with Crippen LogP contribution in [0.3, 0.4) is 0 Å². The molecule has 3 nitrogen and oxygen atoms in total. The molecule has 0 unspecified atom stereocenters. The Hall–Kier alpha value is -0.650. The first kappa shape index (κ1) is 13.8. The van der Waals surface area contributed by atoms with E-state index in [4.69, 9.17) is 0 Å². The Kier molecular flexibility index (Phi) is 4.97. The fourth-order valence-corrected chi connectivity index (χ4v) is 3.33. The zero-order chi connectivity index (χ0) is 13.0. The van der Waals surface area contributed by atoms with E-state index in [0.29, 0.717) is 0 Å². The Morgan fingerprint density at radius 3 is 2.83 bits per heavy atom. The minimum atomic E-state index is 0.952. The average molecular weight is 328 g/mol. The lowest BCUT2D eigenvalue weighted by atomic mass is 10.3. The van der Waals surface area contributed by atoms with Gasteiger partial charge in [-0.05, 0) is 54.9 Å². The Bertz CT molecular complexity index is 504. The highest BCUT2D eigenvalue weighted by molar-refractivity contribution is 9.10. The maximum atomic E-state index is 4.45. The highest BCUT2D eigenvalue weighted by atomic mass is 79.9. The molecule has 0 aliphatic carbocycles. The first-order valence-corrected chi connectivity index (χ1v) is 7.77. The number of nitrogens with zero attached hydrogens (tertiary/aromatic N) is 2. The van der Waals surface area contributed by atoms with E-state index < -0.39 is 0 Å². The SMILES string of the molecule is Cc1cc(C)n(CCCNCc2cc(Br)cs2)n1. The Labute approximate surface area is 120 Å². The molecule has 0 atom stereocenters. The first-order chi connectivity index (χ1) is 8.65. The minimum absolute atomic E-state index is 0.952. The Morgan fingerprint density at radius 1 is 1.39 bits per heavy atom. The molecule has 1 N–H and O–H groups in total. The van der Waals surface area contributed by atoms with Crippen LogP contribution in [0.4, 0.5) is 0 Å². The number of aryl methyl sites for hydroxylation is 3. The summed E-state index contributed by atoms with van der Waals surface area (Å²) >= 11 is 5.25. The molecule has 0 saturated carbocycles. The van der Waals surface area contributed by atoms with Crippen molar-refractivity contribution >= 4 is 27.3 Å². The van der Waals surface area contributed by atoms with Crippen LogP contribution in [0.1, 0.15) is 22.7 Å². The molecule has 0 amide bonds. The monoisotopic (exact) mass is 327 g/mol. The van der Waals surface area contributed by atoms with E-state index >= 15 is 0 Å². The highest BCUT2D eigenvalue weighted by Crippen LogP contribution is 2.19. The van der Waals surface area contributed by atoms with E-state index in [-0.39, 0.29) is 0 Å². The van der Waals surface area contributed by atoms with Gasteiger partial charge in [-0.15, -0.1) is 11.3 Å². The van der Waals surface area contributed by atoms with Gasteiger partial charge in [0.05, 0.1) is 5.69 Å². The summed E-state index contributed by atoms with van der Waals surface area (Å²) in [5.74, 6) is 0. The predicted molar refractivity (Wildman–Crippen MR) is 80.0 cm³/mol. The van der Waals surface area contributed by atoms with Crippen molar-refractivity contribution < 1.29 is 0 Å². The molecule has 0 fully saturated rings. The number of aromatic nitrogens is 2. The van der Waals surface area contributed by atoms with E-state index in [1.54, 1.807) is 11.3 Å². The van der Waals surface area contributed by atoms with Gasteiger partial charge in [0.2, 0.25) is 0 Å². The van der Waals surface area contributed by atoms with E-state index in [0.717, 1.165) is 31.7 Å². The lowest BCUT2D eigenvalue weighted by molar-refractivity contribution is 0.533. The maximum Gasteiger partial charge on any atom is 0.0596 e. The zero-order valence-corrected chi connectivity index (χ0v) is 13.1. The van der Waals surface area contributed by atoms with Gasteiger partial charge in [-0.2, -0.15) is 5.10 Å². The molecule has 0 saturated heterocycles. The molecule has 2 rings (SSSR count). The summed E-state index contributed by atoms with van der Waals surface area (Å²) < 4.78 is 3.26. The zero-order valence-electron chi connectivity index (χ0n) is 10.7. The number of hydrogen-bond donors (Lipinski definition) is 1. The molecule has 0 aliphatic heterocycles. The molecule has 0 radical (unpaired) electrons. The van der Waals surface area contributed by atoms with E-state index in [1.807, 2.05) is 6.92 Å². The molecule has 98 valence electrons. The van der Waals surface area contributed by atoms with Crippen LogP contribution < -0.4 is 5.32 Å². The topological polar surface area (TPSA) is 29.9 Å². The van der Waals surface area contributed by atoms with Crippen molar-refractivity contribution in [1.29, 1.82) is 0 Å². The van der Waals surface area contributed by atoms with Crippen molar-refractivity contribution in [3.63, 3.8) is 0 Å². The second-order valence-electron chi connectivity index (χ2n) is 4.41. The lowest BCUT2D eigenvalue weighted by Gasteiger charge is -2.05. The van der Waals surface area contributed by atoms with Crippen LogP contribution in [0.2, 0.25) is 0 Å². The van der Waals surface area contributed by atoms with E-state index in [2.05, 4.69) is 55.5 Å². The second-order valence-corrected chi connectivity index (χ2v) is 6.32. The fraction of sp³-hybridized carbons (Fsp3) is 0.462. The average Bonchev–Trinajstić information content (AvgIpc) is 2.85. The van der Waals surface area contributed by atoms with Crippen LogP contribution in [0.5, 0.6) is 0 Å². The fourth-order valence-electron chi connectivity index (χ4n) is 1.91. The van der Waals surface area contributed by atoms with Crippen LogP contribution in [0.25, 0.3) is 0 Å². The highest BCUT2D eigenvalue weighted by Gasteiger charge is 2.00. The van der Waals surface area contributed by atoms with Crippen molar-refractivity contribution in [2.45, 2.75) is 33.4 Å². The van der Waals surface area contributed by atoms with Gasteiger partial charge in [0, 0.05) is 33.5 Å². The molecule has 2 heterocycles. The number of rotatable bonds is 6. The van der Waals surface area contributed by atoms with E-state index in [1.165, 1.54) is 15.0 Å². The summed E-state index contributed by atoms with van der Waals surface area (Å²) in [5, 5.41) is 10.0. The van der Waals surface area contributed by atoms with Gasteiger partial charge in [0.15, 0.2) is 0 Å². The molecule has 5 heteroatoms. The Morgan fingerprint density at radius 2 is 2.22 bits per heavy atom. The van der Waals surface area contributed by atoms with Gasteiger partial charge in [-0.3, -0.25) is 4.68 Å². The van der Waals surface area contributed by atoms with Crippen LogP contribution in [-0.4, -0.2) is 16.3 Å². The Balaban J connectivity index is 1.66. The standard InChI is InChI=1S/C13H18BrN3S/c1-10-6-11(2)17(16-10)5-3-4-15-8-13-7-12(14)9-18-13/h6-7,9,15H,3-5,8H2,1-2H3. The molecule has 2 aromatic rings. The third kappa shape index (κ3) is 3.93. The molecular weight excluding hydrogens is 310 g/mol. The number of hydrogen-bond acceptors (Lipinski definition) is 3. The summed E-state index contributed by atoms with van der Waals surface area (Å²) in [5.41, 5.74) is 2.35. The summed E-state index contributed by atoms with van der Waals surface area (Å²) in [7, 11) is 0. The van der Waals surface area contributed by atoms with Gasteiger partial charge in [-0.1, -0.05) is 0 Å². The predicted octanol–water partition coefficient (Wildman–Crippen LogP) is 3.50. The van der Waals surface area contributed by atoms with Crippen molar-refractivity contribution in [2.75, 3.05) is 6.54 Å². The van der Waals surface area contributed by atoms with Crippen molar-refractivity contribution in [3.8, 4) is 0 Å². The van der Waals surface area contributed by atoms with Crippen LogP contribution >= 0.6 is 27.3 Å². The summed E-state index contributed by atoms with van der Waals surface area (Å²) in [6.07, 6.45) is 1.11. The van der Waals surface area contributed by atoms with Crippen LogP contribution in [0.15, 0.2) is 22.0 Å². The van der Waals surface area contributed by atoms with Gasteiger partial charge in [-0.25, -0.2) is 0 Å². The number of thiophene rings is 1. The van der Waals surface area contributed by atoms with Crippen molar-refractivity contribution in [3.05, 3.63) is 38.3 Å². The van der Waals surface area contributed by atoms with Gasteiger partial charge in [0.25, 0.3) is 0 Å². The van der Waals surface area contributed by atoms with Crippen molar-refractivity contribution in [2.24, 2.45) is 0 Å². The van der Waals surface area contributed by atoms with Crippen LogP contribution in [-0.2, 0) is 13.1 Å². The summed E-state index contributed by atoms with van der Waals surface area (Å²) in [4.78, 5) is 1.37. The molecule has 0 aromatic carbocycles. The van der Waals surface area contributed by atoms with Crippen molar-refractivity contribution in [1.82, 2.24) is 15.1 Å². The first-order valence-electron chi connectivity index (χ1n) is 6.10. The summed E-state index contributed by atoms with van der Waals surface area (Å²) in [6, 6.07) is 4.29. The number of halogens is 1. The smallest absolute Gasteiger partial charge is 0.0596 e. The molecule has 0 aliphatic rings. The summed E-state index contributed by atoms with van der Waals surface area (Å²) in [6.45, 7) is 7.11. The largest absolute Gasteiger partial charge is 0.312 e. The molecule has 0 spiro atoms. The third-order valence-electron chi connectivity index (χ3n) is 2.75. The van der Waals surface area contributed by atoms with E-state index in [9.17, 15) is 0 Å². The minimum Gasteiger partial charge on any atom is -0.312 e. The second kappa shape index (κ2) is 6.50. The lowest BCUT2D eigenvalue weighted by Crippen LogP contribution is -2.16. The third-order valence-corrected chi connectivity index (χ3v) is 4.45. The van der Waals surface area contributed by atoms with Gasteiger partial charge in [0.1, 0.15) is 0 Å². The molecular formula is C13H18BrN3S. The maximum absolute atomic E-state index is 4.45. The van der Waals surface area contributed by atoms with Gasteiger partial charge >= 0.3 is 0 Å². The van der Waals surface area contributed by atoms with Crippen LogP contribution in [0, 0.1) is 13.8 Å².